The van der Waals surface area contributed by atoms with E-state index in [1.807, 2.05) is 18.2 Å². The lowest BCUT2D eigenvalue weighted by molar-refractivity contribution is -0.126. The Bertz CT molecular complexity index is 855. The van der Waals surface area contributed by atoms with E-state index in [-0.39, 0.29) is 23.8 Å². The smallest absolute Gasteiger partial charge is 0.223 e. The maximum atomic E-state index is 14.2. The van der Waals surface area contributed by atoms with Crippen LogP contribution in [0.1, 0.15) is 55.8 Å². The van der Waals surface area contributed by atoms with Gasteiger partial charge in [-0.05, 0) is 56.3 Å². The number of hydrogen-bond acceptors (Lipinski definition) is 3. The molecule has 0 radical (unpaired) electrons. The summed E-state index contributed by atoms with van der Waals surface area (Å²) in [4.78, 5) is 19.6. The van der Waals surface area contributed by atoms with Gasteiger partial charge in [0.1, 0.15) is 0 Å². The van der Waals surface area contributed by atoms with Crippen molar-refractivity contribution < 1.29 is 13.6 Å². The molecule has 6 heteroatoms. The molecule has 1 saturated heterocycles. The molecule has 2 aliphatic rings. The maximum Gasteiger partial charge on any atom is 0.223 e. The summed E-state index contributed by atoms with van der Waals surface area (Å²) in [6.07, 6.45) is 7.81. The summed E-state index contributed by atoms with van der Waals surface area (Å²) in [5.74, 6) is -1.18. The standard InChI is InChI=1S/C24H29F2N3O/c25-20-11-5-9-18(22(20)26)15-29-14-6-10-19(16-29)23(21-12-3-4-13-27-21)28-24(30)17-7-1-2-8-17/h3-5,9,11-13,17,19,23H,1-2,6-8,10,14-16H2,(H,28,30). The van der Waals surface area contributed by atoms with Crippen molar-refractivity contribution in [1.29, 1.82) is 0 Å². The molecule has 2 atom stereocenters. The fraction of sp³-hybridized carbons (Fsp3) is 0.500. The lowest BCUT2D eigenvalue weighted by atomic mass is 9.87. The molecule has 0 spiro atoms. The molecule has 4 nitrogen and oxygen atoms in total. The fourth-order valence-corrected chi connectivity index (χ4v) is 4.87. The van der Waals surface area contributed by atoms with E-state index in [0.717, 1.165) is 56.8 Å². The molecule has 2 fully saturated rings. The molecule has 2 aromatic rings. The zero-order chi connectivity index (χ0) is 20.9. The first-order valence-corrected chi connectivity index (χ1v) is 11.0. The largest absolute Gasteiger partial charge is 0.347 e. The van der Waals surface area contributed by atoms with Gasteiger partial charge in [0, 0.05) is 30.8 Å². The van der Waals surface area contributed by atoms with E-state index in [4.69, 9.17) is 0 Å². The number of rotatable bonds is 6. The first-order valence-electron chi connectivity index (χ1n) is 11.0. The van der Waals surface area contributed by atoms with Crippen molar-refractivity contribution in [2.24, 2.45) is 11.8 Å². The van der Waals surface area contributed by atoms with Crippen molar-refractivity contribution in [1.82, 2.24) is 15.2 Å². The first-order chi connectivity index (χ1) is 14.6. The molecule has 160 valence electrons. The molecule has 1 N–H and O–H groups in total. The molecule has 4 rings (SSSR count). The summed E-state index contributed by atoms with van der Waals surface area (Å²) in [5, 5.41) is 3.29. The molecular weight excluding hydrogens is 384 g/mol. The molecule has 1 aliphatic heterocycles. The third-order valence-electron chi connectivity index (χ3n) is 6.47. The second-order valence-electron chi connectivity index (χ2n) is 8.57. The van der Waals surface area contributed by atoms with Gasteiger partial charge in [-0.15, -0.1) is 0 Å². The Kier molecular flexibility index (Phi) is 6.72. The van der Waals surface area contributed by atoms with Crippen molar-refractivity contribution in [3.05, 3.63) is 65.5 Å². The normalized spacial score (nSPS) is 21.5. The predicted molar refractivity (Wildman–Crippen MR) is 111 cm³/mol. The number of piperidine rings is 1. The monoisotopic (exact) mass is 413 g/mol. The summed E-state index contributed by atoms with van der Waals surface area (Å²) in [6, 6.07) is 9.95. The second kappa shape index (κ2) is 9.65. The van der Waals surface area contributed by atoms with E-state index in [0.29, 0.717) is 18.7 Å². The summed E-state index contributed by atoms with van der Waals surface area (Å²) < 4.78 is 27.8. The fourth-order valence-electron chi connectivity index (χ4n) is 4.87. The van der Waals surface area contributed by atoms with Gasteiger partial charge in [0.05, 0.1) is 11.7 Å². The van der Waals surface area contributed by atoms with Gasteiger partial charge in [0.15, 0.2) is 11.6 Å². The molecule has 2 unspecified atom stereocenters. The average molecular weight is 414 g/mol. The van der Waals surface area contributed by atoms with Gasteiger partial charge in [-0.2, -0.15) is 0 Å². The molecule has 1 aliphatic carbocycles. The van der Waals surface area contributed by atoms with Crippen LogP contribution in [0.15, 0.2) is 42.6 Å². The van der Waals surface area contributed by atoms with Crippen LogP contribution in [0.25, 0.3) is 0 Å². The van der Waals surface area contributed by atoms with Crippen LogP contribution in [0.4, 0.5) is 8.78 Å². The van der Waals surface area contributed by atoms with Crippen LogP contribution < -0.4 is 5.32 Å². The van der Waals surface area contributed by atoms with Crippen molar-refractivity contribution in [3.63, 3.8) is 0 Å². The Morgan fingerprint density at radius 2 is 1.93 bits per heavy atom. The first kappa shape index (κ1) is 20.9. The minimum Gasteiger partial charge on any atom is -0.347 e. The maximum absolute atomic E-state index is 14.2. The summed E-state index contributed by atoms with van der Waals surface area (Å²) in [7, 11) is 0. The Labute approximate surface area is 176 Å². The highest BCUT2D eigenvalue weighted by molar-refractivity contribution is 5.79. The van der Waals surface area contributed by atoms with Crippen LogP contribution in [-0.4, -0.2) is 28.9 Å². The summed E-state index contributed by atoms with van der Waals surface area (Å²) in [6.45, 7) is 1.91. The Morgan fingerprint density at radius 1 is 1.10 bits per heavy atom. The lowest BCUT2D eigenvalue weighted by Crippen LogP contribution is -2.44. The van der Waals surface area contributed by atoms with Gasteiger partial charge >= 0.3 is 0 Å². The van der Waals surface area contributed by atoms with Gasteiger partial charge in [0.2, 0.25) is 5.91 Å². The Balaban J connectivity index is 1.49. The minimum atomic E-state index is -0.809. The van der Waals surface area contributed by atoms with E-state index in [9.17, 15) is 13.6 Å². The number of nitrogens with one attached hydrogen (secondary N) is 1. The van der Waals surface area contributed by atoms with Crippen LogP contribution in [0.5, 0.6) is 0 Å². The molecule has 1 amide bonds. The van der Waals surface area contributed by atoms with Crippen LogP contribution in [0.2, 0.25) is 0 Å². The van der Waals surface area contributed by atoms with E-state index >= 15 is 0 Å². The minimum absolute atomic E-state index is 0.0947. The second-order valence-corrected chi connectivity index (χ2v) is 8.57. The molecule has 2 heterocycles. The van der Waals surface area contributed by atoms with E-state index < -0.39 is 11.6 Å². The average Bonchev–Trinajstić information content (AvgIpc) is 3.31. The topological polar surface area (TPSA) is 45.2 Å². The third-order valence-corrected chi connectivity index (χ3v) is 6.47. The highest BCUT2D eigenvalue weighted by atomic mass is 19.2. The van der Waals surface area contributed by atoms with E-state index in [1.165, 1.54) is 0 Å². The molecule has 0 bridgehead atoms. The molecule has 1 aromatic carbocycles. The summed E-state index contributed by atoms with van der Waals surface area (Å²) in [5.41, 5.74) is 1.24. The van der Waals surface area contributed by atoms with E-state index in [2.05, 4.69) is 15.2 Å². The zero-order valence-electron chi connectivity index (χ0n) is 17.2. The number of aromatic nitrogens is 1. The van der Waals surface area contributed by atoms with Crippen LogP contribution >= 0.6 is 0 Å². The van der Waals surface area contributed by atoms with Crippen LogP contribution in [-0.2, 0) is 11.3 Å². The number of nitrogens with zero attached hydrogens (tertiary/aromatic N) is 2. The molecule has 1 saturated carbocycles. The van der Waals surface area contributed by atoms with Gasteiger partial charge in [-0.3, -0.25) is 14.7 Å². The summed E-state index contributed by atoms with van der Waals surface area (Å²) >= 11 is 0. The number of halogens is 2. The Morgan fingerprint density at radius 3 is 2.70 bits per heavy atom. The number of amides is 1. The SMILES string of the molecule is O=C(NC(c1ccccn1)C1CCCN(Cc2cccc(F)c2F)C1)C1CCCC1. The highest BCUT2D eigenvalue weighted by Gasteiger charge is 2.33. The molecule has 1 aromatic heterocycles. The Hall–Kier alpha value is -2.34. The van der Waals surface area contributed by atoms with Gasteiger partial charge in [-0.25, -0.2) is 8.78 Å². The lowest BCUT2D eigenvalue weighted by Gasteiger charge is -2.37. The number of hydrogen-bond donors (Lipinski definition) is 1. The van der Waals surface area contributed by atoms with Crippen LogP contribution in [0, 0.1) is 23.5 Å². The van der Waals surface area contributed by atoms with Crippen molar-refractivity contribution in [2.75, 3.05) is 13.1 Å². The zero-order valence-corrected chi connectivity index (χ0v) is 17.2. The van der Waals surface area contributed by atoms with Crippen molar-refractivity contribution in [2.45, 2.75) is 51.1 Å². The number of carbonyl (C=O) groups excluding carboxylic acids is 1. The number of carbonyl (C=O) groups is 1. The number of likely N-dealkylation sites (tertiary alicyclic amines) is 1. The number of pyridine rings is 1. The van der Waals surface area contributed by atoms with Crippen molar-refractivity contribution in [3.8, 4) is 0 Å². The van der Waals surface area contributed by atoms with E-state index in [1.54, 1.807) is 18.3 Å². The van der Waals surface area contributed by atoms with Gasteiger partial charge in [-0.1, -0.05) is 31.0 Å². The quantitative estimate of drug-likeness (QED) is 0.752. The highest BCUT2D eigenvalue weighted by Crippen LogP contribution is 2.32. The predicted octanol–water partition coefficient (Wildman–Crippen LogP) is 4.62. The van der Waals surface area contributed by atoms with Crippen molar-refractivity contribution >= 4 is 5.91 Å². The molecular formula is C24H29F2N3O. The number of benzene rings is 1. The third kappa shape index (κ3) is 4.86. The molecule has 30 heavy (non-hydrogen) atoms. The van der Waals surface area contributed by atoms with Crippen LogP contribution in [0.3, 0.4) is 0 Å². The van der Waals surface area contributed by atoms with Gasteiger partial charge < -0.3 is 5.32 Å². The van der Waals surface area contributed by atoms with Gasteiger partial charge in [0.25, 0.3) is 0 Å².